The van der Waals surface area contributed by atoms with E-state index in [1.165, 1.54) is 12.8 Å². The Kier molecular flexibility index (Phi) is 2.83. The van der Waals surface area contributed by atoms with Crippen molar-refractivity contribution < 1.29 is 4.52 Å². The summed E-state index contributed by atoms with van der Waals surface area (Å²) >= 11 is 0. The fourth-order valence-electron chi connectivity index (χ4n) is 1.65. The van der Waals surface area contributed by atoms with E-state index in [4.69, 9.17) is 4.52 Å². The normalized spacial score (nSPS) is 15.1. The molecule has 5 heteroatoms. The first kappa shape index (κ1) is 10.4. The van der Waals surface area contributed by atoms with Crippen LogP contribution in [0.2, 0.25) is 0 Å². The Morgan fingerprint density at radius 3 is 2.88 bits per heavy atom. The van der Waals surface area contributed by atoms with Gasteiger partial charge in [-0.2, -0.15) is 4.98 Å². The van der Waals surface area contributed by atoms with E-state index in [2.05, 4.69) is 20.4 Å². The zero-order chi connectivity index (χ0) is 11.5. The lowest BCUT2D eigenvalue weighted by Gasteiger charge is -1.97. The van der Waals surface area contributed by atoms with Crippen LogP contribution in [0.25, 0.3) is 11.4 Å². The molecule has 1 fully saturated rings. The third-order valence-electron chi connectivity index (χ3n) is 2.81. The average Bonchev–Trinajstić information content (AvgIpc) is 3.07. The Bertz CT molecular complexity index is 478. The summed E-state index contributed by atoms with van der Waals surface area (Å²) in [6.07, 6.45) is 6.13. The first-order valence-electron chi connectivity index (χ1n) is 5.85. The number of rotatable bonds is 5. The van der Waals surface area contributed by atoms with Gasteiger partial charge in [-0.05, 0) is 37.4 Å². The van der Waals surface area contributed by atoms with E-state index in [1.807, 2.05) is 12.1 Å². The van der Waals surface area contributed by atoms with E-state index >= 15 is 0 Å². The predicted octanol–water partition coefficient (Wildman–Crippen LogP) is 1.63. The van der Waals surface area contributed by atoms with E-state index < -0.39 is 0 Å². The number of nitrogens with zero attached hydrogens (tertiary/aromatic N) is 3. The van der Waals surface area contributed by atoms with Crippen LogP contribution in [0, 0.1) is 5.92 Å². The molecule has 1 aliphatic rings. The molecule has 0 aromatic carbocycles. The van der Waals surface area contributed by atoms with Gasteiger partial charge in [0.2, 0.25) is 11.7 Å². The second-order valence-corrected chi connectivity index (χ2v) is 4.32. The molecule has 0 saturated heterocycles. The molecule has 2 aromatic rings. The first-order valence-corrected chi connectivity index (χ1v) is 5.85. The lowest BCUT2D eigenvalue weighted by atomic mass is 10.2. The molecule has 0 spiro atoms. The van der Waals surface area contributed by atoms with Gasteiger partial charge < -0.3 is 9.84 Å². The van der Waals surface area contributed by atoms with Gasteiger partial charge >= 0.3 is 0 Å². The Morgan fingerprint density at radius 1 is 1.29 bits per heavy atom. The molecule has 2 heterocycles. The minimum Gasteiger partial charge on any atom is -0.338 e. The largest absolute Gasteiger partial charge is 0.338 e. The number of hydrogen-bond acceptors (Lipinski definition) is 5. The molecule has 2 aromatic heterocycles. The van der Waals surface area contributed by atoms with Gasteiger partial charge in [0.15, 0.2) is 0 Å². The van der Waals surface area contributed by atoms with E-state index in [0.29, 0.717) is 18.3 Å². The monoisotopic (exact) mass is 230 g/mol. The van der Waals surface area contributed by atoms with Gasteiger partial charge in [0, 0.05) is 18.0 Å². The molecule has 1 aliphatic carbocycles. The second-order valence-electron chi connectivity index (χ2n) is 4.32. The van der Waals surface area contributed by atoms with Crippen molar-refractivity contribution in [2.24, 2.45) is 5.92 Å². The van der Waals surface area contributed by atoms with Gasteiger partial charge in [0.1, 0.15) is 0 Å². The van der Waals surface area contributed by atoms with Crippen molar-refractivity contribution in [2.45, 2.75) is 19.4 Å². The van der Waals surface area contributed by atoms with Crippen molar-refractivity contribution in [1.29, 1.82) is 0 Å². The van der Waals surface area contributed by atoms with E-state index in [0.717, 1.165) is 18.0 Å². The maximum absolute atomic E-state index is 5.18. The molecule has 0 aliphatic heterocycles. The van der Waals surface area contributed by atoms with E-state index in [1.54, 1.807) is 12.4 Å². The van der Waals surface area contributed by atoms with Crippen molar-refractivity contribution in [3.05, 3.63) is 30.4 Å². The highest BCUT2D eigenvalue weighted by molar-refractivity contribution is 5.52. The molecule has 5 nitrogen and oxygen atoms in total. The Morgan fingerprint density at radius 2 is 2.12 bits per heavy atom. The van der Waals surface area contributed by atoms with Crippen molar-refractivity contribution in [3.63, 3.8) is 0 Å². The molecule has 0 bridgehead atoms. The maximum Gasteiger partial charge on any atom is 0.240 e. The summed E-state index contributed by atoms with van der Waals surface area (Å²) in [5.74, 6) is 2.12. The van der Waals surface area contributed by atoms with Crippen LogP contribution in [0.5, 0.6) is 0 Å². The van der Waals surface area contributed by atoms with Gasteiger partial charge in [-0.1, -0.05) is 5.16 Å². The van der Waals surface area contributed by atoms with Gasteiger partial charge in [-0.15, -0.1) is 0 Å². The van der Waals surface area contributed by atoms with Crippen molar-refractivity contribution in [2.75, 3.05) is 6.54 Å². The number of aromatic nitrogens is 3. The molecule has 88 valence electrons. The van der Waals surface area contributed by atoms with Crippen molar-refractivity contribution in [3.8, 4) is 11.4 Å². The second kappa shape index (κ2) is 4.63. The Labute approximate surface area is 99.3 Å². The standard InChI is InChI=1S/C12H14N4O/c1-2-9(1)7-14-8-11-15-12(16-17-11)10-3-5-13-6-4-10/h3-6,9,14H,1-2,7-8H2. The average molecular weight is 230 g/mol. The zero-order valence-electron chi connectivity index (χ0n) is 9.47. The van der Waals surface area contributed by atoms with Crippen LogP contribution in [-0.2, 0) is 6.54 Å². The minimum absolute atomic E-state index is 0.621. The highest BCUT2D eigenvalue weighted by Gasteiger charge is 2.20. The van der Waals surface area contributed by atoms with Gasteiger partial charge in [-0.3, -0.25) is 4.98 Å². The number of nitrogens with one attached hydrogen (secondary N) is 1. The first-order chi connectivity index (χ1) is 8.42. The van der Waals surface area contributed by atoms with Crippen molar-refractivity contribution in [1.82, 2.24) is 20.4 Å². The predicted molar refractivity (Wildman–Crippen MR) is 62.0 cm³/mol. The molecule has 0 atom stereocenters. The highest BCUT2D eigenvalue weighted by atomic mass is 16.5. The molecule has 3 rings (SSSR count). The fourth-order valence-corrected chi connectivity index (χ4v) is 1.65. The summed E-state index contributed by atoms with van der Waals surface area (Å²) in [6.45, 7) is 1.70. The molecule has 0 radical (unpaired) electrons. The third kappa shape index (κ3) is 2.68. The molecular formula is C12H14N4O. The topological polar surface area (TPSA) is 63.8 Å². The van der Waals surface area contributed by atoms with Gasteiger partial charge in [0.25, 0.3) is 0 Å². The Hall–Kier alpha value is -1.75. The lowest BCUT2D eigenvalue weighted by molar-refractivity contribution is 0.367. The van der Waals surface area contributed by atoms with Crippen LogP contribution in [0.15, 0.2) is 29.0 Å². The van der Waals surface area contributed by atoms with E-state index in [9.17, 15) is 0 Å². The minimum atomic E-state index is 0.621. The molecule has 1 N–H and O–H groups in total. The van der Waals surface area contributed by atoms with Crippen molar-refractivity contribution >= 4 is 0 Å². The van der Waals surface area contributed by atoms with Crippen LogP contribution < -0.4 is 5.32 Å². The lowest BCUT2D eigenvalue weighted by Crippen LogP contribution is -2.16. The third-order valence-corrected chi connectivity index (χ3v) is 2.81. The van der Waals surface area contributed by atoms with Crippen LogP contribution >= 0.6 is 0 Å². The number of pyridine rings is 1. The highest BCUT2D eigenvalue weighted by Crippen LogP contribution is 2.27. The Balaban J connectivity index is 1.61. The summed E-state index contributed by atoms with van der Waals surface area (Å²) in [7, 11) is 0. The molecular weight excluding hydrogens is 216 g/mol. The summed E-state index contributed by atoms with van der Waals surface area (Å²) in [5.41, 5.74) is 0.928. The fraction of sp³-hybridized carbons (Fsp3) is 0.417. The molecule has 17 heavy (non-hydrogen) atoms. The van der Waals surface area contributed by atoms with Crippen LogP contribution in [-0.4, -0.2) is 21.7 Å². The molecule has 0 unspecified atom stereocenters. The smallest absolute Gasteiger partial charge is 0.240 e. The maximum atomic E-state index is 5.18. The van der Waals surface area contributed by atoms with Crippen LogP contribution in [0.1, 0.15) is 18.7 Å². The molecule has 1 saturated carbocycles. The summed E-state index contributed by atoms with van der Waals surface area (Å²) in [4.78, 5) is 8.28. The molecule has 0 amide bonds. The van der Waals surface area contributed by atoms with E-state index in [-0.39, 0.29) is 0 Å². The van der Waals surface area contributed by atoms with Gasteiger partial charge in [-0.25, -0.2) is 0 Å². The number of hydrogen-bond donors (Lipinski definition) is 1. The van der Waals surface area contributed by atoms with Crippen LogP contribution in [0.3, 0.4) is 0 Å². The summed E-state index contributed by atoms with van der Waals surface area (Å²) < 4.78 is 5.18. The van der Waals surface area contributed by atoms with Gasteiger partial charge in [0.05, 0.1) is 6.54 Å². The zero-order valence-corrected chi connectivity index (χ0v) is 9.47. The summed E-state index contributed by atoms with van der Waals surface area (Å²) in [5, 5.41) is 7.27. The quantitative estimate of drug-likeness (QED) is 0.845. The SMILES string of the molecule is c1cc(-c2noc(CNCC3CC3)n2)ccn1. The summed E-state index contributed by atoms with van der Waals surface area (Å²) in [6, 6.07) is 3.73. The van der Waals surface area contributed by atoms with Crippen LogP contribution in [0.4, 0.5) is 0 Å².